The van der Waals surface area contributed by atoms with Crippen LogP contribution < -0.4 is 5.32 Å². The third-order valence-electron chi connectivity index (χ3n) is 3.38. The summed E-state index contributed by atoms with van der Waals surface area (Å²) in [7, 11) is 0. The largest absolute Gasteiger partial charge is 0.306 e. The Balaban J connectivity index is 2.09. The summed E-state index contributed by atoms with van der Waals surface area (Å²) in [6.45, 7) is 4.59. The topological polar surface area (TPSA) is 55.2 Å². The zero-order valence-electron chi connectivity index (χ0n) is 12.0. The molecule has 21 heavy (non-hydrogen) atoms. The van der Waals surface area contributed by atoms with Crippen molar-refractivity contribution in [2.24, 2.45) is 0 Å². The van der Waals surface area contributed by atoms with Gasteiger partial charge in [-0.2, -0.15) is 0 Å². The molecule has 0 heterocycles. The van der Waals surface area contributed by atoms with Gasteiger partial charge in [0.25, 0.3) is 5.69 Å². The van der Waals surface area contributed by atoms with Gasteiger partial charge in [0.15, 0.2) is 0 Å². The van der Waals surface area contributed by atoms with E-state index < -0.39 is 4.92 Å². The van der Waals surface area contributed by atoms with Gasteiger partial charge in [-0.3, -0.25) is 10.1 Å². The summed E-state index contributed by atoms with van der Waals surface area (Å²) in [6, 6.07) is 12.9. The molecule has 0 bridgehead atoms. The van der Waals surface area contributed by atoms with Gasteiger partial charge in [-0.25, -0.2) is 0 Å². The van der Waals surface area contributed by atoms with Crippen LogP contribution in [0, 0.1) is 17.0 Å². The van der Waals surface area contributed by atoms with Crippen LogP contribution in [0.2, 0.25) is 5.02 Å². The monoisotopic (exact) mass is 304 g/mol. The van der Waals surface area contributed by atoms with Crippen LogP contribution in [-0.2, 0) is 6.54 Å². The predicted molar refractivity (Wildman–Crippen MR) is 84.5 cm³/mol. The second-order valence-electron chi connectivity index (χ2n) is 5.05. The maximum atomic E-state index is 10.8. The molecule has 0 fully saturated rings. The summed E-state index contributed by atoms with van der Waals surface area (Å²) in [4.78, 5) is 10.4. The van der Waals surface area contributed by atoms with E-state index in [1.807, 2.05) is 19.1 Å². The van der Waals surface area contributed by atoms with Gasteiger partial charge < -0.3 is 5.32 Å². The number of halogens is 1. The maximum absolute atomic E-state index is 10.8. The lowest BCUT2D eigenvalue weighted by Crippen LogP contribution is -2.18. The number of non-ortho nitro benzene ring substituents is 1. The van der Waals surface area contributed by atoms with E-state index in [0.29, 0.717) is 11.6 Å². The average molecular weight is 305 g/mol. The van der Waals surface area contributed by atoms with Crippen molar-refractivity contribution in [1.82, 2.24) is 5.32 Å². The molecule has 0 amide bonds. The summed E-state index contributed by atoms with van der Waals surface area (Å²) in [5.74, 6) is 0. The lowest BCUT2D eigenvalue weighted by atomic mass is 10.1. The van der Waals surface area contributed by atoms with Crippen molar-refractivity contribution in [2.45, 2.75) is 26.4 Å². The lowest BCUT2D eigenvalue weighted by molar-refractivity contribution is -0.384. The van der Waals surface area contributed by atoms with E-state index in [-0.39, 0.29) is 11.7 Å². The lowest BCUT2D eigenvalue weighted by Gasteiger charge is -2.15. The van der Waals surface area contributed by atoms with Crippen LogP contribution in [0.3, 0.4) is 0 Å². The molecule has 0 aliphatic heterocycles. The van der Waals surface area contributed by atoms with Gasteiger partial charge in [-0.1, -0.05) is 41.4 Å². The standard InChI is InChI=1S/C16H17ClN2O2/c1-11-4-3-5-13(8-11)12(2)18-10-14-9-15(19(20)21)6-7-16(14)17/h3-9,12,18H,10H2,1-2H3/t12-/m1/s1. The highest BCUT2D eigenvalue weighted by Gasteiger charge is 2.11. The van der Waals surface area contributed by atoms with Crippen LogP contribution in [0.15, 0.2) is 42.5 Å². The molecule has 0 saturated heterocycles. The van der Waals surface area contributed by atoms with E-state index in [1.54, 1.807) is 6.07 Å². The number of rotatable bonds is 5. The number of hydrogen-bond donors (Lipinski definition) is 1. The molecule has 2 aromatic rings. The quantitative estimate of drug-likeness (QED) is 0.657. The number of nitro groups is 1. The molecule has 1 N–H and O–H groups in total. The van der Waals surface area contributed by atoms with Crippen LogP contribution in [-0.4, -0.2) is 4.92 Å². The van der Waals surface area contributed by atoms with E-state index in [9.17, 15) is 10.1 Å². The Hall–Kier alpha value is -1.91. The molecule has 2 aromatic carbocycles. The Morgan fingerprint density at radius 3 is 2.71 bits per heavy atom. The van der Waals surface area contributed by atoms with E-state index in [1.165, 1.54) is 23.3 Å². The minimum Gasteiger partial charge on any atom is -0.306 e. The normalized spacial score (nSPS) is 12.1. The molecule has 0 aliphatic carbocycles. The van der Waals surface area contributed by atoms with Gasteiger partial charge in [-0.05, 0) is 31.0 Å². The van der Waals surface area contributed by atoms with Crippen LogP contribution >= 0.6 is 11.6 Å². The summed E-state index contributed by atoms with van der Waals surface area (Å²) in [5, 5.41) is 14.7. The number of hydrogen-bond acceptors (Lipinski definition) is 3. The van der Waals surface area contributed by atoms with Crippen LogP contribution in [0.5, 0.6) is 0 Å². The van der Waals surface area contributed by atoms with E-state index >= 15 is 0 Å². The molecular weight excluding hydrogens is 288 g/mol. The highest BCUT2D eigenvalue weighted by molar-refractivity contribution is 6.31. The minimum atomic E-state index is -0.413. The Kier molecular flexibility index (Phi) is 4.94. The van der Waals surface area contributed by atoms with E-state index in [4.69, 9.17) is 11.6 Å². The molecule has 0 radical (unpaired) electrons. The Morgan fingerprint density at radius 1 is 1.29 bits per heavy atom. The van der Waals surface area contributed by atoms with Gasteiger partial charge >= 0.3 is 0 Å². The van der Waals surface area contributed by atoms with Gasteiger partial charge in [0.1, 0.15) is 0 Å². The Morgan fingerprint density at radius 2 is 2.05 bits per heavy atom. The third kappa shape index (κ3) is 4.03. The molecule has 2 rings (SSSR count). The average Bonchev–Trinajstić information content (AvgIpc) is 2.45. The van der Waals surface area contributed by atoms with Crippen molar-refractivity contribution in [2.75, 3.05) is 0 Å². The van der Waals surface area contributed by atoms with Gasteiger partial charge in [0.2, 0.25) is 0 Å². The molecule has 5 heteroatoms. The van der Waals surface area contributed by atoms with Gasteiger partial charge in [0, 0.05) is 29.7 Å². The molecule has 110 valence electrons. The van der Waals surface area contributed by atoms with Crippen molar-refractivity contribution < 1.29 is 4.92 Å². The Bertz CT molecular complexity index is 658. The highest BCUT2D eigenvalue weighted by Crippen LogP contribution is 2.23. The van der Waals surface area contributed by atoms with Crippen LogP contribution in [0.4, 0.5) is 5.69 Å². The van der Waals surface area contributed by atoms with E-state index in [2.05, 4.69) is 24.4 Å². The SMILES string of the molecule is Cc1cccc([C@@H](C)NCc2cc([N+](=O)[O-])ccc2Cl)c1. The van der Waals surface area contributed by atoms with Crippen molar-refractivity contribution in [3.63, 3.8) is 0 Å². The van der Waals surface area contributed by atoms with Crippen LogP contribution in [0.25, 0.3) is 0 Å². The minimum absolute atomic E-state index is 0.0550. The molecule has 0 unspecified atom stereocenters. The molecule has 1 atom stereocenters. The van der Waals surface area contributed by atoms with Crippen molar-refractivity contribution in [1.29, 1.82) is 0 Å². The van der Waals surface area contributed by atoms with Crippen molar-refractivity contribution in [3.05, 3.63) is 74.3 Å². The van der Waals surface area contributed by atoms with Crippen LogP contribution in [0.1, 0.15) is 29.7 Å². The molecule has 0 spiro atoms. The van der Waals surface area contributed by atoms with Crippen molar-refractivity contribution >= 4 is 17.3 Å². The molecule has 0 aliphatic rings. The first-order valence-corrected chi connectivity index (χ1v) is 7.08. The smallest absolute Gasteiger partial charge is 0.269 e. The molecule has 0 aromatic heterocycles. The summed E-state index contributed by atoms with van der Waals surface area (Å²) >= 11 is 6.09. The molecule has 4 nitrogen and oxygen atoms in total. The predicted octanol–water partition coefficient (Wildman–Crippen LogP) is 4.41. The number of benzene rings is 2. The van der Waals surface area contributed by atoms with Gasteiger partial charge in [-0.15, -0.1) is 0 Å². The van der Waals surface area contributed by atoms with Gasteiger partial charge in [0.05, 0.1) is 4.92 Å². The zero-order valence-corrected chi connectivity index (χ0v) is 12.7. The fraction of sp³-hybridized carbons (Fsp3) is 0.250. The summed E-state index contributed by atoms with van der Waals surface area (Å²) in [5.41, 5.74) is 3.16. The first kappa shape index (κ1) is 15.5. The Labute approximate surface area is 128 Å². The number of nitrogens with zero attached hydrogens (tertiary/aromatic N) is 1. The summed E-state index contributed by atoms with van der Waals surface area (Å²) < 4.78 is 0. The fourth-order valence-electron chi connectivity index (χ4n) is 2.13. The second kappa shape index (κ2) is 6.70. The van der Waals surface area contributed by atoms with E-state index in [0.717, 1.165) is 5.56 Å². The number of nitro benzene ring substituents is 1. The molecule has 0 saturated carbocycles. The zero-order chi connectivity index (χ0) is 15.4. The first-order valence-electron chi connectivity index (χ1n) is 6.70. The highest BCUT2D eigenvalue weighted by atomic mass is 35.5. The summed E-state index contributed by atoms with van der Waals surface area (Å²) in [6.07, 6.45) is 0. The second-order valence-corrected chi connectivity index (χ2v) is 5.46. The maximum Gasteiger partial charge on any atom is 0.269 e. The third-order valence-corrected chi connectivity index (χ3v) is 3.75. The fourth-order valence-corrected chi connectivity index (χ4v) is 2.31. The van der Waals surface area contributed by atoms with Crippen molar-refractivity contribution in [3.8, 4) is 0 Å². The molecular formula is C16H17ClN2O2. The number of aryl methyl sites for hydroxylation is 1. The first-order chi connectivity index (χ1) is 9.97. The number of nitrogens with one attached hydrogen (secondary N) is 1.